The van der Waals surface area contributed by atoms with Crippen molar-refractivity contribution in [1.29, 1.82) is 0 Å². The van der Waals surface area contributed by atoms with Gasteiger partial charge in [0, 0.05) is 24.8 Å². The summed E-state index contributed by atoms with van der Waals surface area (Å²) in [5.41, 5.74) is 1.51. The lowest BCUT2D eigenvalue weighted by Gasteiger charge is -2.30. The number of aryl methyl sites for hydroxylation is 1. The highest BCUT2D eigenvalue weighted by Gasteiger charge is 2.22. The maximum Gasteiger partial charge on any atom is 0.253 e. The summed E-state index contributed by atoms with van der Waals surface area (Å²) in [5, 5.41) is 0.398. The van der Waals surface area contributed by atoms with Crippen LogP contribution in [-0.2, 0) is 6.42 Å². The van der Waals surface area contributed by atoms with Gasteiger partial charge in [-0.15, -0.1) is 0 Å². The van der Waals surface area contributed by atoms with Crippen molar-refractivity contribution in [1.82, 2.24) is 9.88 Å². The molecule has 0 spiro atoms. The van der Waals surface area contributed by atoms with E-state index in [1.54, 1.807) is 11.0 Å². The van der Waals surface area contributed by atoms with Gasteiger partial charge in [0.2, 0.25) is 0 Å². The molecular weight excluding hydrogens is 248 g/mol. The normalized spacial score (nSPS) is 15.3. The Hall–Kier alpha value is -1.09. The first-order valence-electron chi connectivity index (χ1n) is 6.52. The van der Waals surface area contributed by atoms with Crippen LogP contribution >= 0.6 is 11.6 Å². The number of pyridine rings is 1. The molecule has 1 fully saturated rings. The number of nitrogens with zero attached hydrogens (tertiary/aromatic N) is 2. The van der Waals surface area contributed by atoms with Gasteiger partial charge in [0.05, 0.1) is 0 Å². The van der Waals surface area contributed by atoms with Crippen LogP contribution in [0.5, 0.6) is 0 Å². The number of aromatic nitrogens is 1. The standard InChI is InChI=1S/C14H19ClN2O/c1-3-12-7-11(8-13(15)16-12)14(18)17(2)9-10-5-4-6-10/h7-8,10H,3-6,9H2,1-2H3. The van der Waals surface area contributed by atoms with Crippen molar-refractivity contribution < 1.29 is 4.79 Å². The van der Waals surface area contributed by atoms with E-state index in [0.29, 0.717) is 16.6 Å². The smallest absolute Gasteiger partial charge is 0.253 e. The van der Waals surface area contributed by atoms with Crippen LogP contribution in [0.3, 0.4) is 0 Å². The minimum atomic E-state index is 0.0425. The van der Waals surface area contributed by atoms with Gasteiger partial charge in [-0.05, 0) is 37.3 Å². The Balaban J connectivity index is 2.08. The van der Waals surface area contributed by atoms with Crippen LogP contribution in [0.4, 0.5) is 0 Å². The molecule has 0 aromatic carbocycles. The third-order valence-electron chi connectivity index (χ3n) is 3.56. The third-order valence-corrected chi connectivity index (χ3v) is 3.75. The minimum Gasteiger partial charge on any atom is -0.341 e. The monoisotopic (exact) mass is 266 g/mol. The molecule has 0 bridgehead atoms. The Morgan fingerprint density at radius 3 is 2.78 bits per heavy atom. The molecule has 0 unspecified atom stereocenters. The van der Waals surface area contributed by atoms with E-state index in [4.69, 9.17) is 11.6 Å². The topological polar surface area (TPSA) is 33.2 Å². The van der Waals surface area contributed by atoms with Crippen molar-refractivity contribution in [3.8, 4) is 0 Å². The largest absolute Gasteiger partial charge is 0.341 e. The molecular formula is C14H19ClN2O. The molecule has 4 heteroatoms. The number of carbonyl (C=O) groups excluding carboxylic acids is 1. The molecule has 0 N–H and O–H groups in total. The summed E-state index contributed by atoms with van der Waals surface area (Å²) in [6.45, 7) is 2.85. The van der Waals surface area contributed by atoms with Crippen LogP contribution in [0.15, 0.2) is 12.1 Å². The SMILES string of the molecule is CCc1cc(C(=O)N(C)CC2CCC2)cc(Cl)n1. The van der Waals surface area contributed by atoms with E-state index in [0.717, 1.165) is 18.7 Å². The lowest BCUT2D eigenvalue weighted by atomic mass is 9.85. The molecule has 1 amide bonds. The van der Waals surface area contributed by atoms with Crippen molar-refractivity contribution in [2.75, 3.05) is 13.6 Å². The zero-order valence-corrected chi connectivity index (χ0v) is 11.7. The van der Waals surface area contributed by atoms with Crippen LogP contribution in [0.2, 0.25) is 5.15 Å². The van der Waals surface area contributed by atoms with Gasteiger partial charge in [0.1, 0.15) is 5.15 Å². The highest BCUT2D eigenvalue weighted by Crippen LogP contribution is 2.27. The lowest BCUT2D eigenvalue weighted by molar-refractivity contribution is 0.0745. The van der Waals surface area contributed by atoms with E-state index in [2.05, 4.69) is 4.98 Å². The summed E-state index contributed by atoms with van der Waals surface area (Å²) in [4.78, 5) is 18.3. The highest BCUT2D eigenvalue weighted by molar-refractivity contribution is 6.29. The first kappa shape index (κ1) is 13.3. The van der Waals surface area contributed by atoms with E-state index in [9.17, 15) is 4.79 Å². The number of amides is 1. The van der Waals surface area contributed by atoms with E-state index >= 15 is 0 Å². The molecule has 1 aromatic heterocycles. The predicted octanol–water partition coefficient (Wildman–Crippen LogP) is 3.17. The van der Waals surface area contributed by atoms with E-state index in [1.165, 1.54) is 19.3 Å². The Morgan fingerprint density at radius 2 is 2.22 bits per heavy atom. The minimum absolute atomic E-state index is 0.0425. The molecule has 0 radical (unpaired) electrons. The van der Waals surface area contributed by atoms with Gasteiger partial charge in [-0.3, -0.25) is 4.79 Å². The van der Waals surface area contributed by atoms with Crippen LogP contribution in [0.25, 0.3) is 0 Å². The summed E-state index contributed by atoms with van der Waals surface area (Å²) >= 11 is 5.94. The van der Waals surface area contributed by atoms with Crippen molar-refractivity contribution in [3.05, 3.63) is 28.5 Å². The summed E-state index contributed by atoms with van der Waals surface area (Å²) < 4.78 is 0. The van der Waals surface area contributed by atoms with E-state index in [1.807, 2.05) is 20.0 Å². The van der Waals surface area contributed by atoms with Crippen molar-refractivity contribution in [2.24, 2.45) is 5.92 Å². The third kappa shape index (κ3) is 3.02. The number of halogens is 1. The van der Waals surface area contributed by atoms with E-state index in [-0.39, 0.29) is 5.91 Å². The molecule has 0 aliphatic heterocycles. The average Bonchev–Trinajstić information content (AvgIpc) is 2.31. The van der Waals surface area contributed by atoms with Crippen LogP contribution in [-0.4, -0.2) is 29.4 Å². The molecule has 3 nitrogen and oxygen atoms in total. The second-order valence-electron chi connectivity index (χ2n) is 5.01. The molecule has 18 heavy (non-hydrogen) atoms. The van der Waals surface area contributed by atoms with E-state index < -0.39 is 0 Å². The summed E-state index contributed by atoms with van der Waals surface area (Å²) in [7, 11) is 1.86. The molecule has 1 aromatic rings. The lowest BCUT2D eigenvalue weighted by Crippen LogP contribution is -2.34. The van der Waals surface area contributed by atoms with Crippen molar-refractivity contribution >= 4 is 17.5 Å². The molecule has 1 heterocycles. The molecule has 98 valence electrons. The van der Waals surface area contributed by atoms with Crippen LogP contribution in [0.1, 0.15) is 42.2 Å². The van der Waals surface area contributed by atoms with Crippen molar-refractivity contribution in [3.63, 3.8) is 0 Å². The van der Waals surface area contributed by atoms with Gasteiger partial charge in [0.25, 0.3) is 5.91 Å². The molecule has 1 saturated carbocycles. The van der Waals surface area contributed by atoms with Gasteiger partial charge in [-0.25, -0.2) is 4.98 Å². The van der Waals surface area contributed by atoms with Gasteiger partial charge in [-0.2, -0.15) is 0 Å². The molecule has 2 rings (SSSR count). The van der Waals surface area contributed by atoms with Gasteiger partial charge < -0.3 is 4.90 Å². The first-order valence-corrected chi connectivity index (χ1v) is 6.90. The Kier molecular flexibility index (Phi) is 4.23. The highest BCUT2D eigenvalue weighted by atomic mass is 35.5. The number of hydrogen-bond acceptors (Lipinski definition) is 2. The second kappa shape index (κ2) is 5.70. The maximum atomic E-state index is 12.3. The average molecular weight is 267 g/mol. The number of carbonyl (C=O) groups is 1. The number of rotatable bonds is 4. The first-order chi connectivity index (χ1) is 8.60. The summed E-state index contributed by atoms with van der Waals surface area (Å²) in [6.07, 6.45) is 4.57. The molecule has 0 saturated heterocycles. The second-order valence-corrected chi connectivity index (χ2v) is 5.39. The molecule has 1 aliphatic carbocycles. The zero-order valence-electron chi connectivity index (χ0n) is 10.9. The predicted molar refractivity (Wildman–Crippen MR) is 72.9 cm³/mol. The van der Waals surface area contributed by atoms with Crippen LogP contribution < -0.4 is 0 Å². The Bertz CT molecular complexity index is 443. The maximum absolute atomic E-state index is 12.3. The van der Waals surface area contributed by atoms with Gasteiger partial charge in [0.15, 0.2) is 0 Å². The molecule has 0 atom stereocenters. The fourth-order valence-corrected chi connectivity index (χ4v) is 2.45. The quantitative estimate of drug-likeness (QED) is 0.785. The summed E-state index contributed by atoms with van der Waals surface area (Å²) in [6, 6.07) is 3.49. The fraction of sp³-hybridized carbons (Fsp3) is 0.571. The van der Waals surface area contributed by atoms with Gasteiger partial charge in [-0.1, -0.05) is 24.9 Å². The fourth-order valence-electron chi connectivity index (χ4n) is 2.22. The zero-order chi connectivity index (χ0) is 13.1. The van der Waals surface area contributed by atoms with Gasteiger partial charge >= 0.3 is 0 Å². The summed E-state index contributed by atoms with van der Waals surface area (Å²) in [5.74, 6) is 0.725. The van der Waals surface area contributed by atoms with Crippen molar-refractivity contribution in [2.45, 2.75) is 32.6 Å². The number of hydrogen-bond donors (Lipinski definition) is 0. The van der Waals surface area contributed by atoms with Crippen LogP contribution in [0, 0.1) is 5.92 Å². The Labute approximate surface area is 113 Å². The Morgan fingerprint density at radius 1 is 1.50 bits per heavy atom. The molecule has 1 aliphatic rings.